The number of imide groups is 1. The number of benzene rings is 2. The van der Waals surface area contributed by atoms with Crippen molar-refractivity contribution in [3.05, 3.63) is 70.9 Å². The Labute approximate surface area is 155 Å². The average Bonchev–Trinajstić information content (AvgIpc) is 2.89. The number of β-amino-alcohol motifs (C(OH)–C–C–N with tert-alkyl or cyclic N) is 1. The average molecular weight is 373 g/mol. The number of nitrogens with zero attached hydrogens (tertiary/aromatic N) is 1. The van der Waals surface area contributed by atoms with Gasteiger partial charge < -0.3 is 15.2 Å². The van der Waals surface area contributed by atoms with Crippen molar-refractivity contribution in [1.29, 1.82) is 0 Å². The molecule has 2 aromatic carbocycles. The molecule has 0 aliphatic carbocycles. The lowest BCUT2D eigenvalue weighted by atomic mass is 10.2. The molecule has 0 fully saturated rings. The molecule has 0 saturated carbocycles. The van der Waals surface area contributed by atoms with Gasteiger partial charge >= 0.3 is 0 Å². The molecule has 7 heteroatoms. The molecule has 2 aromatic rings. The Morgan fingerprint density at radius 3 is 2.69 bits per heavy atom. The molecule has 0 atom stereocenters. The molecule has 0 radical (unpaired) electrons. The van der Waals surface area contributed by atoms with Crippen LogP contribution in [0.25, 0.3) is 0 Å². The van der Waals surface area contributed by atoms with Crippen LogP contribution in [0.1, 0.15) is 5.56 Å². The Bertz CT molecular complexity index is 866. The fraction of sp³-hybridized carbons (Fsp3) is 0.158. The minimum atomic E-state index is -0.457. The number of carbonyl (C=O) groups excluding carboxylic acids is 2. The molecule has 2 amide bonds. The first kappa shape index (κ1) is 18.0. The summed E-state index contributed by atoms with van der Waals surface area (Å²) in [5.74, 6) is -0.307. The number of ether oxygens (including phenoxy) is 1. The highest BCUT2D eigenvalue weighted by Gasteiger charge is 2.30. The smallest absolute Gasteiger partial charge is 0.277 e. The maximum absolute atomic E-state index is 12.2. The van der Waals surface area contributed by atoms with Crippen molar-refractivity contribution in [3.8, 4) is 5.75 Å². The molecule has 134 valence electrons. The lowest BCUT2D eigenvalue weighted by Crippen LogP contribution is -2.34. The lowest BCUT2D eigenvalue weighted by Gasteiger charge is -2.14. The van der Waals surface area contributed by atoms with E-state index in [1.165, 1.54) is 6.08 Å². The summed E-state index contributed by atoms with van der Waals surface area (Å²) in [4.78, 5) is 24.9. The molecule has 1 heterocycles. The number of anilines is 1. The summed E-state index contributed by atoms with van der Waals surface area (Å²) >= 11 is 6.07. The van der Waals surface area contributed by atoms with Gasteiger partial charge in [-0.1, -0.05) is 35.9 Å². The van der Waals surface area contributed by atoms with Gasteiger partial charge in [0.05, 0.1) is 18.2 Å². The van der Waals surface area contributed by atoms with E-state index in [1.807, 2.05) is 30.3 Å². The quantitative estimate of drug-likeness (QED) is 0.730. The number of hydrogen-bond acceptors (Lipinski definition) is 5. The highest BCUT2D eigenvalue weighted by Crippen LogP contribution is 2.25. The zero-order chi connectivity index (χ0) is 18.5. The van der Waals surface area contributed by atoms with Gasteiger partial charge in [-0.15, -0.1) is 0 Å². The summed E-state index contributed by atoms with van der Waals surface area (Å²) in [5.41, 5.74) is 1.70. The second-order valence-corrected chi connectivity index (χ2v) is 6.03. The first-order valence-corrected chi connectivity index (χ1v) is 8.38. The molecule has 0 saturated heterocycles. The summed E-state index contributed by atoms with van der Waals surface area (Å²) in [6, 6.07) is 14.5. The highest BCUT2D eigenvalue weighted by atomic mass is 35.5. The maximum atomic E-state index is 12.2. The number of aliphatic hydroxyl groups excluding tert-OH is 1. The molecule has 3 rings (SSSR count). The minimum absolute atomic E-state index is 0.0228. The molecule has 0 bridgehead atoms. The summed E-state index contributed by atoms with van der Waals surface area (Å²) < 4.78 is 5.70. The van der Waals surface area contributed by atoms with Crippen LogP contribution in [-0.2, 0) is 16.2 Å². The normalized spacial score (nSPS) is 13.8. The Hall–Kier alpha value is -2.83. The van der Waals surface area contributed by atoms with E-state index in [1.54, 1.807) is 18.2 Å². The van der Waals surface area contributed by atoms with Gasteiger partial charge in [-0.05, 0) is 29.8 Å². The predicted molar refractivity (Wildman–Crippen MR) is 97.7 cm³/mol. The van der Waals surface area contributed by atoms with Crippen LogP contribution in [0.3, 0.4) is 0 Å². The summed E-state index contributed by atoms with van der Waals surface area (Å²) in [6.45, 7) is 0.0142. The van der Waals surface area contributed by atoms with Crippen LogP contribution in [0, 0.1) is 0 Å². The Morgan fingerprint density at radius 1 is 1.12 bits per heavy atom. The first-order valence-electron chi connectivity index (χ1n) is 8.00. The van der Waals surface area contributed by atoms with E-state index in [0.29, 0.717) is 23.1 Å². The van der Waals surface area contributed by atoms with E-state index in [4.69, 9.17) is 21.4 Å². The van der Waals surface area contributed by atoms with E-state index in [-0.39, 0.29) is 18.8 Å². The Balaban J connectivity index is 1.66. The third kappa shape index (κ3) is 4.04. The number of carbonyl (C=O) groups is 2. The van der Waals surface area contributed by atoms with Gasteiger partial charge in [0.25, 0.3) is 11.8 Å². The molecule has 0 aromatic heterocycles. The minimum Gasteiger partial charge on any atom is -0.487 e. The van der Waals surface area contributed by atoms with E-state index in [2.05, 4.69) is 5.32 Å². The number of para-hydroxylation sites is 1. The van der Waals surface area contributed by atoms with Crippen molar-refractivity contribution < 1.29 is 19.4 Å². The maximum Gasteiger partial charge on any atom is 0.277 e. The number of hydrogen-bond donors (Lipinski definition) is 2. The van der Waals surface area contributed by atoms with E-state index < -0.39 is 11.8 Å². The van der Waals surface area contributed by atoms with Crippen molar-refractivity contribution in [2.24, 2.45) is 0 Å². The molecule has 26 heavy (non-hydrogen) atoms. The van der Waals surface area contributed by atoms with Crippen molar-refractivity contribution >= 4 is 29.1 Å². The van der Waals surface area contributed by atoms with Gasteiger partial charge in [0, 0.05) is 11.8 Å². The fourth-order valence-corrected chi connectivity index (χ4v) is 2.72. The highest BCUT2D eigenvalue weighted by molar-refractivity contribution is 6.32. The van der Waals surface area contributed by atoms with E-state index >= 15 is 0 Å². The molecule has 1 aliphatic rings. The van der Waals surface area contributed by atoms with Crippen molar-refractivity contribution in [2.45, 2.75) is 6.61 Å². The predicted octanol–water partition coefficient (Wildman–Crippen LogP) is 2.58. The van der Waals surface area contributed by atoms with Crippen LogP contribution >= 0.6 is 11.6 Å². The summed E-state index contributed by atoms with van der Waals surface area (Å²) in [7, 11) is 0. The number of aliphatic hydroxyl groups is 1. The van der Waals surface area contributed by atoms with Crippen molar-refractivity contribution in [2.75, 3.05) is 18.5 Å². The van der Waals surface area contributed by atoms with Gasteiger partial charge in [0.15, 0.2) is 0 Å². The zero-order valence-electron chi connectivity index (χ0n) is 13.8. The number of rotatable bonds is 7. The third-order valence-corrected chi connectivity index (χ3v) is 4.08. The Kier molecular flexibility index (Phi) is 5.55. The first-order chi connectivity index (χ1) is 12.6. The zero-order valence-corrected chi connectivity index (χ0v) is 14.6. The molecule has 2 N–H and O–H groups in total. The molecular weight excluding hydrogens is 356 g/mol. The van der Waals surface area contributed by atoms with E-state index in [0.717, 1.165) is 10.5 Å². The fourth-order valence-electron chi connectivity index (χ4n) is 2.53. The Morgan fingerprint density at radius 2 is 1.92 bits per heavy atom. The topological polar surface area (TPSA) is 78.9 Å². The van der Waals surface area contributed by atoms with Gasteiger partial charge in [0.2, 0.25) is 0 Å². The molecule has 6 nitrogen and oxygen atoms in total. The van der Waals surface area contributed by atoms with Crippen LogP contribution in [0.5, 0.6) is 5.75 Å². The molecule has 0 spiro atoms. The van der Waals surface area contributed by atoms with Crippen LogP contribution in [0.2, 0.25) is 5.02 Å². The molecule has 0 unspecified atom stereocenters. The number of amides is 2. The van der Waals surface area contributed by atoms with E-state index in [9.17, 15) is 9.59 Å². The van der Waals surface area contributed by atoms with Crippen LogP contribution in [0.4, 0.5) is 5.69 Å². The monoisotopic (exact) mass is 372 g/mol. The summed E-state index contributed by atoms with van der Waals surface area (Å²) in [5, 5.41) is 12.4. The molecule has 1 aliphatic heterocycles. The van der Waals surface area contributed by atoms with Crippen LogP contribution < -0.4 is 10.1 Å². The van der Waals surface area contributed by atoms with Gasteiger partial charge in [0.1, 0.15) is 18.1 Å². The van der Waals surface area contributed by atoms with Gasteiger partial charge in [-0.25, -0.2) is 0 Å². The van der Waals surface area contributed by atoms with Gasteiger partial charge in [-0.2, -0.15) is 0 Å². The van der Waals surface area contributed by atoms with Crippen LogP contribution in [-0.4, -0.2) is 35.0 Å². The number of halogens is 1. The van der Waals surface area contributed by atoms with Crippen LogP contribution in [0.15, 0.2) is 60.3 Å². The second kappa shape index (κ2) is 8.03. The molecular formula is C19H17ClN2O4. The van der Waals surface area contributed by atoms with Crippen molar-refractivity contribution in [3.63, 3.8) is 0 Å². The largest absolute Gasteiger partial charge is 0.487 e. The lowest BCUT2D eigenvalue weighted by molar-refractivity contribution is -0.137. The standard InChI is InChI=1S/C19H17ClN2O4/c20-15-6-1-2-7-17(15)26-12-13-4-3-5-14(10-13)21-16-11-18(24)22(8-9-23)19(16)25/h1-7,10-11,21,23H,8-9,12H2. The third-order valence-electron chi connectivity index (χ3n) is 3.77. The SMILES string of the molecule is O=C1C=C(Nc2cccc(COc3ccccc3Cl)c2)C(=O)N1CCO. The van der Waals surface area contributed by atoms with Crippen molar-refractivity contribution in [1.82, 2.24) is 4.90 Å². The summed E-state index contributed by atoms with van der Waals surface area (Å²) in [6.07, 6.45) is 1.23. The van der Waals surface area contributed by atoms with Gasteiger partial charge in [-0.3, -0.25) is 14.5 Å². The second-order valence-electron chi connectivity index (χ2n) is 5.62. The number of nitrogens with one attached hydrogen (secondary N) is 1.